The number of hydrogen-bond donors (Lipinski definition) is 2. The van der Waals surface area contributed by atoms with Crippen LogP contribution in [0.15, 0.2) is 15.7 Å². The van der Waals surface area contributed by atoms with Crippen molar-refractivity contribution in [2.24, 2.45) is 17.1 Å². The Hall–Kier alpha value is -2.59. The smallest absolute Gasteiger partial charge is 0.350 e. The first-order chi connectivity index (χ1) is 14.6. The first kappa shape index (κ1) is 21.6. The second kappa shape index (κ2) is 7.52. The van der Waals surface area contributed by atoms with E-state index in [0.717, 1.165) is 18.9 Å². The van der Waals surface area contributed by atoms with E-state index in [1.807, 2.05) is 4.90 Å². The van der Waals surface area contributed by atoms with Crippen LogP contribution in [-0.4, -0.2) is 49.2 Å². The average molecular weight is 436 g/mol. The molecule has 4 rings (SSSR count). The number of methoxy groups -OCH3 is 2. The summed E-state index contributed by atoms with van der Waals surface area (Å²) in [6.07, 6.45) is 1.57. The number of hydrogen-bond acceptors (Lipinski definition) is 7. The van der Waals surface area contributed by atoms with Crippen LogP contribution in [0.2, 0.25) is 0 Å². The Morgan fingerprint density at radius 2 is 1.97 bits per heavy atom. The number of anilines is 1. The molecule has 4 N–H and O–H groups in total. The molecule has 1 saturated heterocycles. The van der Waals surface area contributed by atoms with Gasteiger partial charge in [0.2, 0.25) is 0 Å². The molecule has 31 heavy (non-hydrogen) atoms. The highest BCUT2D eigenvalue weighted by molar-refractivity contribution is 5.91. The molecule has 1 aromatic carbocycles. The largest absolute Gasteiger partial charge is 0.492 e. The maximum atomic E-state index is 15.5. The van der Waals surface area contributed by atoms with Crippen LogP contribution in [0.5, 0.6) is 5.75 Å². The standard InChI is InChI=1S/C21H30FN5O4/c1-21(2)10-25(8-13(21)15(23)9-30-3)17-14(22)7-12-16(18(17)31-4)26(11-5-6-11)20(29)27(24)19(12)28/h7,11,13,15H,5-6,8-10,23-24H2,1-4H3/t13-,15-/m0/s1. The molecular formula is C21H30FN5O4. The molecule has 2 aliphatic rings. The first-order valence-electron chi connectivity index (χ1n) is 10.4. The Kier molecular flexibility index (Phi) is 5.25. The normalized spacial score (nSPS) is 21.6. The number of nitrogens with zero attached hydrogens (tertiary/aromatic N) is 3. The Bertz CT molecular complexity index is 1140. The molecule has 10 heteroatoms. The van der Waals surface area contributed by atoms with Crippen molar-refractivity contribution in [3.8, 4) is 5.75 Å². The highest BCUT2D eigenvalue weighted by Gasteiger charge is 2.44. The Balaban J connectivity index is 1.93. The van der Waals surface area contributed by atoms with E-state index < -0.39 is 17.1 Å². The summed E-state index contributed by atoms with van der Waals surface area (Å²) in [5.74, 6) is 5.33. The van der Waals surface area contributed by atoms with E-state index in [1.54, 1.807) is 7.11 Å². The molecule has 1 saturated carbocycles. The Morgan fingerprint density at radius 1 is 1.29 bits per heavy atom. The topological polar surface area (TPSA) is 118 Å². The number of ether oxygens (including phenoxy) is 2. The van der Waals surface area contributed by atoms with E-state index in [9.17, 15) is 9.59 Å². The van der Waals surface area contributed by atoms with Crippen molar-refractivity contribution in [1.29, 1.82) is 0 Å². The molecular weight excluding hydrogens is 405 g/mol. The molecule has 170 valence electrons. The predicted octanol–water partition coefficient (Wildman–Crippen LogP) is 0.796. The third-order valence-electron chi connectivity index (χ3n) is 6.61. The van der Waals surface area contributed by atoms with E-state index in [4.69, 9.17) is 21.1 Å². The number of fused-ring (bicyclic) bond motifs is 1. The lowest BCUT2D eigenvalue weighted by Gasteiger charge is -2.29. The summed E-state index contributed by atoms with van der Waals surface area (Å²) >= 11 is 0. The van der Waals surface area contributed by atoms with Gasteiger partial charge >= 0.3 is 5.69 Å². The van der Waals surface area contributed by atoms with Gasteiger partial charge in [-0.15, -0.1) is 0 Å². The van der Waals surface area contributed by atoms with Crippen LogP contribution >= 0.6 is 0 Å². The SMILES string of the molecule is COC[C@H](N)[C@@H]1CN(c2c(F)cc3c(=O)n(N)c(=O)n(C4CC4)c3c2OC)CC1(C)C. The van der Waals surface area contributed by atoms with Gasteiger partial charge in [0.05, 0.1) is 19.1 Å². The molecule has 0 amide bonds. The van der Waals surface area contributed by atoms with Gasteiger partial charge in [-0.05, 0) is 24.3 Å². The average Bonchev–Trinajstić information content (AvgIpc) is 3.49. The van der Waals surface area contributed by atoms with Crippen LogP contribution in [0.1, 0.15) is 32.7 Å². The minimum absolute atomic E-state index is 0.0261. The van der Waals surface area contributed by atoms with Crippen LogP contribution in [0.25, 0.3) is 10.9 Å². The van der Waals surface area contributed by atoms with Gasteiger partial charge in [0.1, 0.15) is 11.2 Å². The maximum Gasteiger partial charge on any atom is 0.350 e. The number of nitrogen functional groups attached to an aromatic ring is 1. The summed E-state index contributed by atoms with van der Waals surface area (Å²) in [7, 11) is 3.02. The van der Waals surface area contributed by atoms with Gasteiger partial charge in [-0.25, -0.2) is 9.18 Å². The van der Waals surface area contributed by atoms with Crippen LogP contribution in [-0.2, 0) is 4.74 Å². The molecule has 0 unspecified atom stereocenters. The predicted molar refractivity (Wildman–Crippen MR) is 117 cm³/mol. The van der Waals surface area contributed by atoms with E-state index in [0.29, 0.717) is 29.9 Å². The Morgan fingerprint density at radius 3 is 2.55 bits per heavy atom. The molecule has 9 nitrogen and oxygen atoms in total. The lowest BCUT2D eigenvalue weighted by Crippen LogP contribution is -2.44. The molecule has 0 bridgehead atoms. The fraction of sp³-hybridized carbons (Fsp3) is 0.619. The molecule has 1 aliphatic carbocycles. The van der Waals surface area contributed by atoms with Crippen LogP contribution < -0.4 is 32.5 Å². The maximum absolute atomic E-state index is 15.5. The number of aromatic nitrogens is 2. The lowest BCUT2D eigenvalue weighted by atomic mass is 9.78. The van der Waals surface area contributed by atoms with Gasteiger partial charge in [0.15, 0.2) is 11.6 Å². The molecule has 2 fully saturated rings. The Labute approximate surface area is 179 Å². The summed E-state index contributed by atoms with van der Waals surface area (Å²) in [6, 6.07) is 0.858. The minimum atomic E-state index is -0.748. The zero-order valence-electron chi connectivity index (χ0n) is 18.4. The summed E-state index contributed by atoms with van der Waals surface area (Å²) in [5, 5.41) is 0.0261. The van der Waals surface area contributed by atoms with E-state index in [2.05, 4.69) is 13.8 Å². The molecule has 1 aromatic heterocycles. The summed E-state index contributed by atoms with van der Waals surface area (Å²) in [4.78, 5) is 27.4. The monoisotopic (exact) mass is 435 g/mol. The van der Waals surface area contributed by atoms with Crippen molar-refractivity contribution < 1.29 is 13.9 Å². The quantitative estimate of drug-likeness (QED) is 0.644. The van der Waals surface area contributed by atoms with Crippen LogP contribution in [0.4, 0.5) is 10.1 Å². The molecule has 2 atom stereocenters. The number of benzene rings is 1. The third kappa shape index (κ3) is 3.38. The van der Waals surface area contributed by atoms with Gasteiger partial charge < -0.3 is 25.9 Å². The van der Waals surface area contributed by atoms with E-state index >= 15 is 4.39 Å². The zero-order valence-corrected chi connectivity index (χ0v) is 18.4. The van der Waals surface area contributed by atoms with Crippen molar-refractivity contribution in [3.63, 3.8) is 0 Å². The van der Waals surface area contributed by atoms with Gasteiger partial charge in [0.25, 0.3) is 5.56 Å². The third-order valence-corrected chi connectivity index (χ3v) is 6.61. The van der Waals surface area contributed by atoms with Crippen molar-refractivity contribution in [3.05, 3.63) is 32.7 Å². The first-order valence-corrected chi connectivity index (χ1v) is 10.4. The molecule has 2 aromatic rings. The van der Waals surface area contributed by atoms with Gasteiger partial charge in [-0.1, -0.05) is 13.8 Å². The lowest BCUT2D eigenvalue weighted by molar-refractivity contribution is 0.130. The summed E-state index contributed by atoms with van der Waals surface area (Å²) in [5.41, 5.74) is 5.30. The van der Waals surface area contributed by atoms with Gasteiger partial charge in [-0.3, -0.25) is 9.36 Å². The van der Waals surface area contributed by atoms with Crippen molar-refractivity contribution in [2.45, 2.75) is 38.8 Å². The second-order valence-electron chi connectivity index (χ2n) is 9.29. The van der Waals surface area contributed by atoms with Crippen molar-refractivity contribution in [2.75, 3.05) is 44.7 Å². The second-order valence-corrected chi connectivity index (χ2v) is 9.29. The van der Waals surface area contributed by atoms with Gasteiger partial charge in [0, 0.05) is 38.2 Å². The van der Waals surface area contributed by atoms with E-state index in [-0.39, 0.29) is 40.2 Å². The summed E-state index contributed by atoms with van der Waals surface area (Å²) in [6.45, 7) is 5.61. The summed E-state index contributed by atoms with van der Waals surface area (Å²) < 4.78 is 28.3. The van der Waals surface area contributed by atoms with Crippen LogP contribution in [0.3, 0.4) is 0 Å². The highest BCUT2D eigenvalue weighted by Crippen LogP contribution is 2.46. The zero-order chi connectivity index (χ0) is 22.7. The minimum Gasteiger partial charge on any atom is -0.492 e. The highest BCUT2D eigenvalue weighted by atomic mass is 19.1. The fourth-order valence-corrected chi connectivity index (χ4v) is 4.95. The molecule has 1 aliphatic heterocycles. The number of halogens is 1. The number of rotatable bonds is 6. The van der Waals surface area contributed by atoms with Crippen molar-refractivity contribution >= 4 is 16.6 Å². The number of nitrogens with two attached hydrogens (primary N) is 2. The van der Waals surface area contributed by atoms with Crippen molar-refractivity contribution in [1.82, 2.24) is 9.24 Å². The van der Waals surface area contributed by atoms with Crippen LogP contribution in [0, 0.1) is 17.2 Å². The molecule has 2 heterocycles. The molecule has 0 radical (unpaired) electrons. The fourth-order valence-electron chi connectivity index (χ4n) is 4.95. The van der Waals surface area contributed by atoms with Gasteiger partial charge in [-0.2, -0.15) is 4.68 Å². The molecule has 0 spiro atoms. The van der Waals surface area contributed by atoms with E-state index in [1.165, 1.54) is 11.7 Å².